The second kappa shape index (κ2) is 5.26. The first kappa shape index (κ1) is 13.3. The van der Waals surface area contributed by atoms with Crippen LogP contribution >= 0.6 is 0 Å². The molecule has 1 fully saturated rings. The van der Waals surface area contributed by atoms with E-state index in [1.54, 1.807) is 24.1 Å². The van der Waals surface area contributed by atoms with Crippen molar-refractivity contribution in [1.82, 2.24) is 4.90 Å². The van der Waals surface area contributed by atoms with E-state index < -0.39 is 4.92 Å². The number of carbonyl (C=O) groups excluding carboxylic acids is 1. The fraction of sp³-hybridized carbons (Fsp3) is 0.462. The van der Waals surface area contributed by atoms with E-state index in [9.17, 15) is 14.9 Å². The molecule has 0 aromatic heterocycles. The van der Waals surface area contributed by atoms with Crippen molar-refractivity contribution in [1.29, 1.82) is 0 Å². The fourth-order valence-electron chi connectivity index (χ4n) is 2.13. The maximum atomic E-state index is 12.4. The maximum Gasteiger partial charge on any atom is 0.282 e. The van der Waals surface area contributed by atoms with Crippen LogP contribution in [-0.4, -0.2) is 35.4 Å². The van der Waals surface area contributed by atoms with Crippen molar-refractivity contribution in [2.45, 2.75) is 25.8 Å². The van der Waals surface area contributed by atoms with E-state index in [0.717, 1.165) is 12.8 Å². The lowest BCUT2D eigenvalue weighted by molar-refractivity contribution is -0.385. The van der Waals surface area contributed by atoms with Gasteiger partial charge in [0.25, 0.3) is 11.6 Å². The molecule has 1 aliphatic rings. The number of anilines is 1. The highest BCUT2D eigenvalue weighted by Gasteiger charge is 2.34. The van der Waals surface area contributed by atoms with Gasteiger partial charge in [0.2, 0.25) is 0 Å². The van der Waals surface area contributed by atoms with E-state index in [-0.39, 0.29) is 23.2 Å². The van der Waals surface area contributed by atoms with Crippen molar-refractivity contribution in [2.75, 3.05) is 18.9 Å². The van der Waals surface area contributed by atoms with Gasteiger partial charge in [0.05, 0.1) is 4.92 Å². The number of rotatable bonds is 5. The van der Waals surface area contributed by atoms with Gasteiger partial charge < -0.3 is 10.2 Å². The summed E-state index contributed by atoms with van der Waals surface area (Å²) < 4.78 is 0. The number of hydrogen-bond acceptors (Lipinski definition) is 4. The Kier molecular flexibility index (Phi) is 3.69. The molecule has 0 heterocycles. The Labute approximate surface area is 111 Å². The molecule has 1 aromatic carbocycles. The average molecular weight is 263 g/mol. The predicted octanol–water partition coefficient (Wildman–Crippen LogP) is 2.26. The van der Waals surface area contributed by atoms with Crippen LogP contribution in [0.5, 0.6) is 0 Å². The van der Waals surface area contributed by atoms with Gasteiger partial charge in [0.15, 0.2) is 0 Å². The van der Waals surface area contributed by atoms with Crippen molar-refractivity contribution in [2.24, 2.45) is 0 Å². The van der Waals surface area contributed by atoms with Crippen LogP contribution in [0.1, 0.15) is 30.1 Å². The zero-order valence-corrected chi connectivity index (χ0v) is 11.0. The monoisotopic (exact) mass is 263 g/mol. The third-order valence-electron chi connectivity index (χ3n) is 3.30. The minimum atomic E-state index is -0.507. The summed E-state index contributed by atoms with van der Waals surface area (Å²) in [6.45, 7) is 2.47. The highest BCUT2D eigenvalue weighted by Crippen LogP contribution is 2.31. The zero-order chi connectivity index (χ0) is 14.0. The molecule has 1 saturated carbocycles. The molecular formula is C13H17N3O3. The molecule has 2 rings (SSSR count). The summed E-state index contributed by atoms with van der Waals surface area (Å²) in [6.07, 6.45) is 1.97. The SMILES string of the molecule is CCN(C(=O)c1cc(NC)ccc1[N+](=O)[O-])C1CC1. The Bertz CT molecular complexity index is 512. The van der Waals surface area contributed by atoms with Gasteiger partial charge in [-0.15, -0.1) is 0 Å². The minimum absolute atomic E-state index is 0.136. The molecular weight excluding hydrogens is 246 g/mol. The summed E-state index contributed by atoms with van der Waals surface area (Å²) in [6, 6.07) is 4.77. The largest absolute Gasteiger partial charge is 0.388 e. The van der Waals surface area contributed by atoms with E-state index in [0.29, 0.717) is 12.2 Å². The van der Waals surface area contributed by atoms with Crippen LogP contribution in [0.4, 0.5) is 11.4 Å². The molecule has 1 aliphatic carbocycles. The molecule has 19 heavy (non-hydrogen) atoms. The second-order valence-corrected chi connectivity index (χ2v) is 4.56. The number of carbonyl (C=O) groups is 1. The molecule has 6 heteroatoms. The van der Waals surface area contributed by atoms with Crippen molar-refractivity contribution in [3.63, 3.8) is 0 Å². The molecule has 1 amide bonds. The Morgan fingerprint density at radius 3 is 2.68 bits per heavy atom. The predicted molar refractivity (Wildman–Crippen MR) is 72.4 cm³/mol. The third-order valence-corrected chi connectivity index (χ3v) is 3.30. The molecule has 0 atom stereocenters. The summed E-state index contributed by atoms with van der Waals surface area (Å²) in [5, 5.41) is 13.9. The standard InChI is InChI=1S/C13H17N3O3/c1-3-15(10-5-6-10)13(17)11-8-9(14-2)4-7-12(11)16(18)19/h4,7-8,10,14H,3,5-6H2,1-2H3. The first-order valence-electron chi connectivity index (χ1n) is 6.35. The van der Waals surface area contributed by atoms with Gasteiger partial charge in [-0.25, -0.2) is 0 Å². The second-order valence-electron chi connectivity index (χ2n) is 4.56. The van der Waals surface area contributed by atoms with Crippen LogP contribution in [0, 0.1) is 10.1 Å². The number of benzene rings is 1. The summed E-state index contributed by atoms with van der Waals surface area (Å²) in [4.78, 5) is 24.7. The van der Waals surface area contributed by atoms with Crippen LogP contribution in [-0.2, 0) is 0 Å². The number of nitro groups is 1. The van der Waals surface area contributed by atoms with Crippen molar-refractivity contribution in [3.05, 3.63) is 33.9 Å². The topological polar surface area (TPSA) is 75.5 Å². The van der Waals surface area contributed by atoms with Gasteiger partial charge in [-0.3, -0.25) is 14.9 Å². The highest BCUT2D eigenvalue weighted by molar-refractivity contribution is 5.99. The molecule has 0 spiro atoms. The summed E-state index contributed by atoms with van der Waals surface area (Å²) in [5.74, 6) is -0.256. The molecule has 102 valence electrons. The van der Waals surface area contributed by atoms with Crippen LogP contribution < -0.4 is 5.32 Å². The van der Waals surface area contributed by atoms with E-state index in [4.69, 9.17) is 0 Å². The van der Waals surface area contributed by atoms with Crippen molar-refractivity contribution in [3.8, 4) is 0 Å². The van der Waals surface area contributed by atoms with E-state index in [2.05, 4.69) is 5.32 Å². The molecule has 0 aliphatic heterocycles. The smallest absolute Gasteiger partial charge is 0.282 e. The molecule has 0 radical (unpaired) electrons. The lowest BCUT2D eigenvalue weighted by Crippen LogP contribution is -2.33. The molecule has 1 aromatic rings. The van der Waals surface area contributed by atoms with Gasteiger partial charge in [-0.05, 0) is 31.9 Å². The van der Waals surface area contributed by atoms with Gasteiger partial charge in [0, 0.05) is 31.4 Å². The number of nitrogens with zero attached hydrogens (tertiary/aromatic N) is 2. The number of nitrogens with one attached hydrogen (secondary N) is 1. The first-order chi connectivity index (χ1) is 9.08. The molecule has 0 bridgehead atoms. The van der Waals surface area contributed by atoms with Crippen LogP contribution in [0.25, 0.3) is 0 Å². The molecule has 6 nitrogen and oxygen atoms in total. The quantitative estimate of drug-likeness (QED) is 0.653. The Hall–Kier alpha value is -2.11. The molecule has 0 unspecified atom stereocenters. The Morgan fingerprint density at radius 1 is 1.53 bits per heavy atom. The minimum Gasteiger partial charge on any atom is -0.388 e. The number of nitro benzene ring substituents is 1. The molecule has 0 saturated heterocycles. The summed E-state index contributed by atoms with van der Waals surface area (Å²) in [7, 11) is 1.72. The van der Waals surface area contributed by atoms with E-state index in [1.807, 2.05) is 6.92 Å². The fourth-order valence-corrected chi connectivity index (χ4v) is 2.13. The van der Waals surface area contributed by atoms with Gasteiger partial charge >= 0.3 is 0 Å². The van der Waals surface area contributed by atoms with Crippen LogP contribution in [0.2, 0.25) is 0 Å². The zero-order valence-electron chi connectivity index (χ0n) is 11.0. The van der Waals surface area contributed by atoms with Gasteiger partial charge in [-0.1, -0.05) is 0 Å². The van der Waals surface area contributed by atoms with E-state index in [1.165, 1.54) is 6.07 Å². The lowest BCUT2D eigenvalue weighted by atomic mass is 10.1. The normalized spacial score (nSPS) is 14.0. The summed E-state index contributed by atoms with van der Waals surface area (Å²) in [5.41, 5.74) is 0.717. The maximum absolute atomic E-state index is 12.4. The van der Waals surface area contributed by atoms with E-state index >= 15 is 0 Å². The van der Waals surface area contributed by atoms with Crippen molar-refractivity contribution < 1.29 is 9.72 Å². The number of hydrogen-bond donors (Lipinski definition) is 1. The van der Waals surface area contributed by atoms with Crippen molar-refractivity contribution >= 4 is 17.3 Å². The van der Waals surface area contributed by atoms with Gasteiger partial charge in [0.1, 0.15) is 5.56 Å². The highest BCUT2D eigenvalue weighted by atomic mass is 16.6. The first-order valence-corrected chi connectivity index (χ1v) is 6.35. The Balaban J connectivity index is 2.40. The van der Waals surface area contributed by atoms with Crippen LogP contribution in [0.3, 0.4) is 0 Å². The average Bonchev–Trinajstić information content (AvgIpc) is 3.23. The number of amides is 1. The lowest BCUT2D eigenvalue weighted by Gasteiger charge is -2.20. The summed E-state index contributed by atoms with van der Waals surface area (Å²) >= 11 is 0. The van der Waals surface area contributed by atoms with Crippen LogP contribution in [0.15, 0.2) is 18.2 Å². The third kappa shape index (κ3) is 2.67. The van der Waals surface area contributed by atoms with Gasteiger partial charge in [-0.2, -0.15) is 0 Å². The Morgan fingerprint density at radius 2 is 2.21 bits per heavy atom. The molecule has 1 N–H and O–H groups in total.